The average Bonchev–Trinajstić information content (AvgIpc) is 2.63. The summed E-state index contributed by atoms with van der Waals surface area (Å²) in [6.07, 6.45) is 11.8. The van der Waals surface area contributed by atoms with Crippen molar-refractivity contribution in [3.8, 4) is 0 Å². The second-order valence-electron chi connectivity index (χ2n) is 6.42. The van der Waals surface area contributed by atoms with Gasteiger partial charge in [-0.05, 0) is 57.6 Å². The van der Waals surface area contributed by atoms with Gasteiger partial charge in [0, 0.05) is 0 Å². The van der Waals surface area contributed by atoms with Gasteiger partial charge in [-0.15, -0.1) is 0 Å². The molecule has 1 fully saturated rings. The molecule has 0 atom stereocenters. The van der Waals surface area contributed by atoms with Crippen LogP contribution < -0.4 is 0 Å². The van der Waals surface area contributed by atoms with Gasteiger partial charge in [0.05, 0.1) is 5.76 Å². The van der Waals surface area contributed by atoms with Crippen molar-refractivity contribution in [2.45, 2.75) is 86.0 Å². The van der Waals surface area contributed by atoms with Gasteiger partial charge in [0.25, 0.3) is 0 Å². The van der Waals surface area contributed by atoms with Crippen LogP contribution in [-0.4, -0.2) is 5.11 Å². The zero-order chi connectivity index (χ0) is 18.4. The van der Waals surface area contributed by atoms with E-state index in [4.69, 9.17) is 5.11 Å². The van der Waals surface area contributed by atoms with Crippen molar-refractivity contribution in [1.82, 2.24) is 0 Å². The van der Waals surface area contributed by atoms with Crippen molar-refractivity contribution in [2.24, 2.45) is 0 Å². The first-order valence-electron chi connectivity index (χ1n) is 9.62. The minimum Gasteiger partial charge on any atom is -0.513 e. The average molecular weight is 331 g/mol. The third-order valence-electron chi connectivity index (χ3n) is 4.32. The highest BCUT2D eigenvalue weighted by Crippen LogP contribution is 2.32. The van der Waals surface area contributed by atoms with Gasteiger partial charge in [-0.2, -0.15) is 0 Å². The molecule has 0 aliphatic heterocycles. The first-order valence-corrected chi connectivity index (χ1v) is 9.62. The van der Waals surface area contributed by atoms with E-state index >= 15 is 0 Å². The standard InChI is InChI=1S/C13H18.C8H14O.C2H6/c1-11-7-9-13(10-8-11)12-5-3-2-4-6-12;1-4-7(2)5-6-8(3)9;1-2/h7-10,12H,2-6H2,1H3;5-6,9H,4H2,1-3H3;1-2H3/b;7-5-,8-6+;. The lowest BCUT2D eigenvalue weighted by atomic mass is 9.84. The van der Waals surface area contributed by atoms with Crippen LogP contribution in [0.1, 0.15) is 90.2 Å². The molecule has 24 heavy (non-hydrogen) atoms. The molecule has 1 aromatic carbocycles. The van der Waals surface area contributed by atoms with E-state index in [9.17, 15) is 0 Å². The van der Waals surface area contributed by atoms with E-state index in [1.54, 1.807) is 18.6 Å². The number of benzene rings is 1. The molecule has 136 valence electrons. The van der Waals surface area contributed by atoms with E-state index in [0.29, 0.717) is 5.76 Å². The summed E-state index contributed by atoms with van der Waals surface area (Å²) >= 11 is 0. The van der Waals surface area contributed by atoms with Gasteiger partial charge in [0.1, 0.15) is 0 Å². The van der Waals surface area contributed by atoms with Crippen LogP contribution in [0.2, 0.25) is 0 Å². The van der Waals surface area contributed by atoms with E-state index in [-0.39, 0.29) is 0 Å². The second kappa shape index (κ2) is 13.9. The lowest BCUT2D eigenvalue weighted by Crippen LogP contribution is -2.04. The molecule has 0 unspecified atom stereocenters. The van der Waals surface area contributed by atoms with E-state index in [1.807, 2.05) is 26.8 Å². The Kier molecular flexibility index (Phi) is 13.0. The molecule has 1 aliphatic carbocycles. The van der Waals surface area contributed by atoms with E-state index in [0.717, 1.165) is 12.3 Å². The topological polar surface area (TPSA) is 20.2 Å². The quantitative estimate of drug-likeness (QED) is 0.441. The monoisotopic (exact) mass is 330 g/mol. The number of allylic oxidation sites excluding steroid dienone is 4. The maximum Gasteiger partial charge on any atom is 0.0891 e. The first kappa shape index (κ1) is 22.5. The van der Waals surface area contributed by atoms with E-state index in [2.05, 4.69) is 38.1 Å². The van der Waals surface area contributed by atoms with Gasteiger partial charge in [-0.1, -0.05) is 81.5 Å². The van der Waals surface area contributed by atoms with Gasteiger partial charge >= 0.3 is 0 Å². The maximum absolute atomic E-state index is 8.71. The molecule has 2 rings (SSSR count). The maximum atomic E-state index is 8.71. The summed E-state index contributed by atoms with van der Waals surface area (Å²) in [6.45, 7) is 12.0. The number of aliphatic hydroxyl groups excluding tert-OH is 1. The van der Waals surface area contributed by atoms with E-state index in [1.165, 1.54) is 43.2 Å². The van der Waals surface area contributed by atoms with Crippen LogP contribution in [0.25, 0.3) is 0 Å². The fourth-order valence-electron chi connectivity index (χ4n) is 2.66. The van der Waals surface area contributed by atoms with Crippen LogP contribution in [0.3, 0.4) is 0 Å². The minimum absolute atomic E-state index is 0.364. The smallest absolute Gasteiger partial charge is 0.0891 e. The molecular formula is C23H38O. The Morgan fingerprint density at radius 2 is 1.54 bits per heavy atom. The zero-order valence-electron chi connectivity index (χ0n) is 16.7. The Morgan fingerprint density at radius 1 is 1.00 bits per heavy atom. The Bertz CT molecular complexity index is 469. The van der Waals surface area contributed by atoms with Gasteiger partial charge in [-0.3, -0.25) is 0 Å². The molecule has 1 saturated carbocycles. The number of hydrogen-bond acceptors (Lipinski definition) is 1. The summed E-state index contributed by atoms with van der Waals surface area (Å²) in [7, 11) is 0. The molecular weight excluding hydrogens is 292 g/mol. The molecule has 0 heterocycles. The Balaban J connectivity index is 0.000000426. The molecule has 1 nitrogen and oxygen atoms in total. The molecule has 0 saturated heterocycles. The van der Waals surface area contributed by atoms with Crippen molar-refractivity contribution in [3.05, 3.63) is 58.9 Å². The number of aryl methyl sites for hydroxylation is 1. The normalized spacial score (nSPS) is 15.8. The largest absolute Gasteiger partial charge is 0.513 e. The van der Waals surface area contributed by atoms with Crippen molar-refractivity contribution < 1.29 is 5.11 Å². The number of rotatable bonds is 3. The van der Waals surface area contributed by atoms with Gasteiger partial charge in [0.15, 0.2) is 0 Å². The lowest BCUT2D eigenvalue weighted by Gasteiger charge is -2.21. The van der Waals surface area contributed by atoms with E-state index < -0.39 is 0 Å². The van der Waals surface area contributed by atoms with Crippen molar-refractivity contribution in [1.29, 1.82) is 0 Å². The lowest BCUT2D eigenvalue weighted by molar-refractivity contribution is 0.414. The van der Waals surface area contributed by atoms with Crippen molar-refractivity contribution in [3.63, 3.8) is 0 Å². The van der Waals surface area contributed by atoms with Gasteiger partial charge in [0.2, 0.25) is 0 Å². The highest BCUT2D eigenvalue weighted by Gasteiger charge is 2.14. The first-order chi connectivity index (χ1) is 11.5. The third kappa shape index (κ3) is 10.3. The molecule has 0 bridgehead atoms. The Labute approximate surface area is 150 Å². The summed E-state index contributed by atoms with van der Waals surface area (Å²) in [6, 6.07) is 9.10. The molecule has 1 aliphatic rings. The van der Waals surface area contributed by atoms with Crippen molar-refractivity contribution >= 4 is 0 Å². The predicted molar refractivity (Wildman–Crippen MR) is 109 cm³/mol. The minimum atomic E-state index is 0.364. The Morgan fingerprint density at radius 3 is 2.00 bits per heavy atom. The zero-order valence-corrected chi connectivity index (χ0v) is 16.7. The van der Waals surface area contributed by atoms with Crippen LogP contribution in [-0.2, 0) is 0 Å². The molecule has 0 aromatic heterocycles. The van der Waals surface area contributed by atoms with Crippen LogP contribution in [0, 0.1) is 6.92 Å². The van der Waals surface area contributed by atoms with Crippen LogP contribution in [0.15, 0.2) is 47.7 Å². The molecule has 0 spiro atoms. The van der Waals surface area contributed by atoms with Crippen LogP contribution in [0.4, 0.5) is 0 Å². The van der Waals surface area contributed by atoms with Crippen LogP contribution >= 0.6 is 0 Å². The summed E-state index contributed by atoms with van der Waals surface area (Å²) in [4.78, 5) is 0. The third-order valence-corrected chi connectivity index (χ3v) is 4.32. The summed E-state index contributed by atoms with van der Waals surface area (Å²) in [5.41, 5.74) is 4.22. The predicted octanol–water partition coefficient (Wildman–Crippen LogP) is 7.87. The number of hydrogen-bond donors (Lipinski definition) is 1. The second-order valence-corrected chi connectivity index (χ2v) is 6.42. The number of aliphatic hydroxyl groups is 1. The van der Waals surface area contributed by atoms with Gasteiger partial charge in [-0.25, -0.2) is 0 Å². The Hall–Kier alpha value is -1.50. The summed E-state index contributed by atoms with van der Waals surface area (Å²) in [5.74, 6) is 1.22. The summed E-state index contributed by atoms with van der Waals surface area (Å²) < 4.78 is 0. The fraction of sp³-hybridized carbons (Fsp3) is 0.565. The SMILES string of the molecule is CC.CC/C(C)=C\C=C(/C)O.Cc1ccc(C2CCCCC2)cc1. The van der Waals surface area contributed by atoms with Crippen LogP contribution in [0.5, 0.6) is 0 Å². The molecule has 1 heteroatoms. The summed E-state index contributed by atoms with van der Waals surface area (Å²) in [5, 5.41) is 8.71. The molecule has 0 radical (unpaired) electrons. The van der Waals surface area contributed by atoms with Crippen molar-refractivity contribution in [2.75, 3.05) is 0 Å². The highest BCUT2D eigenvalue weighted by molar-refractivity contribution is 5.24. The van der Waals surface area contributed by atoms with Gasteiger partial charge < -0.3 is 5.11 Å². The molecule has 1 N–H and O–H groups in total. The highest BCUT2D eigenvalue weighted by atomic mass is 16.3. The molecule has 1 aromatic rings. The fourth-order valence-corrected chi connectivity index (χ4v) is 2.66. The molecule has 0 amide bonds.